The molecule has 0 radical (unpaired) electrons. The lowest BCUT2D eigenvalue weighted by Gasteiger charge is -2.12. The second-order valence-corrected chi connectivity index (χ2v) is 8.70. The van der Waals surface area contributed by atoms with Crippen LogP contribution in [0, 0.1) is 10.1 Å². The third kappa shape index (κ3) is 8.58. The van der Waals surface area contributed by atoms with Gasteiger partial charge in [-0.05, 0) is 30.7 Å². The van der Waals surface area contributed by atoms with Gasteiger partial charge in [-0.1, -0.05) is 21.6 Å². The maximum absolute atomic E-state index is 11.4. The van der Waals surface area contributed by atoms with Gasteiger partial charge >= 0.3 is 6.16 Å². The van der Waals surface area contributed by atoms with E-state index < -0.39 is 11.1 Å². The number of carbonyl (C=O) groups excluding carboxylic acids is 1. The predicted molar refractivity (Wildman–Crippen MR) is 97.1 cm³/mol. The van der Waals surface area contributed by atoms with Crippen LogP contribution in [0.1, 0.15) is 13.8 Å². The average Bonchev–Trinajstić information content (AvgIpc) is 2.56. The summed E-state index contributed by atoms with van der Waals surface area (Å²) in [5.41, 5.74) is -0.0490. The molecule has 1 aromatic heterocycles. The zero-order chi connectivity index (χ0) is 17.2. The van der Waals surface area contributed by atoms with E-state index in [1.165, 1.54) is 44.6 Å². The van der Waals surface area contributed by atoms with E-state index in [0.29, 0.717) is 5.03 Å². The molecule has 0 aliphatic rings. The quantitative estimate of drug-likeness (QED) is 0.216. The molecule has 0 aromatic carbocycles. The van der Waals surface area contributed by atoms with E-state index in [0.717, 1.165) is 0 Å². The second-order valence-electron chi connectivity index (χ2n) is 4.39. The van der Waals surface area contributed by atoms with Gasteiger partial charge in [-0.2, -0.15) is 0 Å². The molecule has 128 valence electrons. The lowest BCUT2D eigenvalue weighted by Crippen LogP contribution is -2.17. The van der Waals surface area contributed by atoms with Gasteiger partial charge in [0.25, 0.3) is 5.69 Å². The van der Waals surface area contributed by atoms with E-state index >= 15 is 0 Å². The van der Waals surface area contributed by atoms with E-state index in [-0.39, 0.29) is 29.4 Å². The van der Waals surface area contributed by atoms with Gasteiger partial charge in [0.2, 0.25) is 0 Å². The van der Waals surface area contributed by atoms with Crippen molar-refractivity contribution in [2.24, 2.45) is 0 Å². The molecule has 0 N–H and O–H groups in total. The summed E-state index contributed by atoms with van der Waals surface area (Å²) in [6.45, 7) is 4.22. The molecule has 0 aliphatic carbocycles. The molecule has 0 amide bonds. The van der Waals surface area contributed by atoms with E-state index in [9.17, 15) is 14.9 Å². The van der Waals surface area contributed by atoms with Gasteiger partial charge < -0.3 is 9.47 Å². The molecular weight excluding hydrogens is 380 g/mol. The molecule has 0 bridgehead atoms. The minimum atomic E-state index is -0.704. The molecule has 0 spiro atoms. The maximum atomic E-state index is 11.4. The first kappa shape index (κ1) is 20.3. The molecule has 1 heterocycles. The van der Waals surface area contributed by atoms with Crippen LogP contribution in [0.3, 0.4) is 0 Å². The summed E-state index contributed by atoms with van der Waals surface area (Å²) in [5, 5.41) is 11.3. The third-order valence-corrected chi connectivity index (χ3v) is 6.62. The summed E-state index contributed by atoms with van der Waals surface area (Å²) in [6, 6.07) is 2.98. The normalized spacial score (nSPS) is 13.2. The van der Waals surface area contributed by atoms with Crippen LogP contribution in [0.25, 0.3) is 0 Å². The molecule has 2 atom stereocenters. The number of nitro groups is 1. The summed E-state index contributed by atoms with van der Waals surface area (Å²) in [7, 11) is 4.11. The minimum Gasteiger partial charge on any atom is -0.433 e. The van der Waals surface area contributed by atoms with Crippen LogP contribution in [-0.4, -0.2) is 39.8 Å². The van der Waals surface area contributed by atoms with E-state index in [1.807, 2.05) is 13.8 Å². The molecule has 0 saturated heterocycles. The Hall–Kier alpha value is -0.780. The number of nitrogens with zero attached hydrogens (tertiary/aromatic N) is 2. The number of hydrogen-bond donors (Lipinski definition) is 1. The summed E-state index contributed by atoms with van der Waals surface area (Å²) >= 11 is 4.02. The first-order valence-corrected chi connectivity index (χ1v) is 10.6. The Morgan fingerprint density at radius 2 is 2.00 bits per heavy atom. The number of ether oxygens (including phenoxy) is 2. The number of aromatic nitrogens is 1. The first-order chi connectivity index (χ1) is 10.9. The zero-order valence-corrected chi connectivity index (χ0v) is 15.8. The Labute approximate surface area is 151 Å². The molecule has 23 heavy (non-hydrogen) atoms. The van der Waals surface area contributed by atoms with E-state index in [2.05, 4.69) is 16.6 Å². The second kappa shape index (κ2) is 10.9. The van der Waals surface area contributed by atoms with Gasteiger partial charge in [0, 0.05) is 16.6 Å². The first-order valence-electron chi connectivity index (χ1n) is 6.46. The van der Waals surface area contributed by atoms with Crippen LogP contribution >= 0.6 is 44.0 Å². The van der Waals surface area contributed by atoms with Crippen molar-refractivity contribution >= 4 is 55.9 Å². The average molecular weight is 397 g/mol. The van der Waals surface area contributed by atoms with Crippen LogP contribution in [0.2, 0.25) is 0 Å². The Kier molecular flexibility index (Phi) is 9.60. The van der Waals surface area contributed by atoms with Crippen LogP contribution in [0.4, 0.5) is 10.5 Å². The highest BCUT2D eigenvalue weighted by molar-refractivity contribution is 8.76. The zero-order valence-electron chi connectivity index (χ0n) is 12.4. The SMILES string of the molecule is CC(COC(=O)OCC(C)SSc1ccc([N+](=O)[O-])cn1)SS. The summed E-state index contributed by atoms with van der Waals surface area (Å²) in [4.78, 5) is 25.4. The number of carbonyl (C=O) groups is 1. The van der Waals surface area contributed by atoms with Crippen molar-refractivity contribution < 1.29 is 19.2 Å². The Morgan fingerprint density at radius 1 is 1.35 bits per heavy atom. The molecule has 0 fully saturated rings. The van der Waals surface area contributed by atoms with E-state index in [4.69, 9.17) is 9.47 Å². The van der Waals surface area contributed by atoms with Crippen LogP contribution in [0.5, 0.6) is 0 Å². The van der Waals surface area contributed by atoms with Gasteiger partial charge in [-0.3, -0.25) is 10.1 Å². The molecular formula is C12H16N2O5S4. The topological polar surface area (TPSA) is 91.6 Å². The van der Waals surface area contributed by atoms with Gasteiger partial charge in [-0.15, -0.1) is 11.7 Å². The lowest BCUT2D eigenvalue weighted by molar-refractivity contribution is -0.385. The smallest absolute Gasteiger partial charge is 0.433 e. The molecule has 2 unspecified atom stereocenters. The van der Waals surface area contributed by atoms with Gasteiger partial charge in [-0.25, -0.2) is 9.78 Å². The molecule has 1 aromatic rings. The number of rotatable bonds is 9. The molecule has 7 nitrogen and oxygen atoms in total. The van der Waals surface area contributed by atoms with Gasteiger partial charge in [0.1, 0.15) is 24.4 Å². The highest BCUT2D eigenvalue weighted by Gasteiger charge is 2.12. The number of hydrogen-bond acceptors (Lipinski definition) is 10. The van der Waals surface area contributed by atoms with Crippen molar-refractivity contribution in [3.05, 3.63) is 28.4 Å². The number of pyridine rings is 1. The molecule has 11 heteroatoms. The predicted octanol–water partition coefficient (Wildman–Crippen LogP) is 4.24. The number of thiol groups is 1. The van der Waals surface area contributed by atoms with Crippen molar-refractivity contribution in [2.75, 3.05) is 13.2 Å². The monoisotopic (exact) mass is 396 g/mol. The Bertz CT molecular complexity index is 517. The summed E-state index contributed by atoms with van der Waals surface area (Å²) < 4.78 is 9.92. The van der Waals surface area contributed by atoms with Gasteiger partial charge in [0.05, 0.1) is 4.92 Å². The Morgan fingerprint density at radius 3 is 2.52 bits per heavy atom. The maximum Gasteiger partial charge on any atom is 0.508 e. The standard InChI is InChI=1S/C12H16N2O5S4/c1-8(21-20)6-18-12(15)19-7-9(2)22-23-11-4-3-10(5-13-11)14(16)17/h3-5,8-9,20H,6-7H2,1-2H3. The molecule has 1 rings (SSSR count). The van der Waals surface area contributed by atoms with Crippen molar-refractivity contribution in [3.8, 4) is 0 Å². The van der Waals surface area contributed by atoms with Crippen molar-refractivity contribution in [2.45, 2.75) is 29.4 Å². The largest absolute Gasteiger partial charge is 0.508 e. The van der Waals surface area contributed by atoms with Crippen LogP contribution in [-0.2, 0) is 9.47 Å². The van der Waals surface area contributed by atoms with Crippen molar-refractivity contribution in [1.29, 1.82) is 0 Å². The van der Waals surface area contributed by atoms with Crippen molar-refractivity contribution in [1.82, 2.24) is 4.98 Å². The fourth-order valence-electron chi connectivity index (χ4n) is 1.13. The minimum absolute atomic E-state index is 0.0150. The fourth-order valence-corrected chi connectivity index (χ4v) is 3.30. The van der Waals surface area contributed by atoms with E-state index in [1.54, 1.807) is 6.07 Å². The molecule has 0 aliphatic heterocycles. The molecule has 0 saturated carbocycles. The third-order valence-electron chi connectivity index (χ3n) is 2.28. The fraction of sp³-hybridized carbons (Fsp3) is 0.500. The highest BCUT2D eigenvalue weighted by Crippen LogP contribution is 2.33. The Balaban J connectivity index is 2.24. The summed E-state index contributed by atoms with van der Waals surface area (Å²) in [6.07, 6.45) is 0.507. The lowest BCUT2D eigenvalue weighted by atomic mass is 10.4. The van der Waals surface area contributed by atoms with Crippen LogP contribution in [0.15, 0.2) is 23.4 Å². The summed E-state index contributed by atoms with van der Waals surface area (Å²) in [5.74, 6) is 0. The van der Waals surface area contributed by atoms with Crippen molar-refractivity contribution in [3.63, 3.8) is 0 Å². The van der Waals surface area contributed by atoms with Gasteiger partial charge in [0.15, 0.2) is 0 Å². The highest BCUT2D eigenvalue weighted by atomic mass is 33.1. The van der Waals surface area contributed by atoms with Crippen LogP contribution < -0.4 is 0 Å².